The molecule has 1 aliphatic carbocycles. The van der Waals surface area contributed by atoms with Gasteiger partial charge in [0.2, 0.25) is 11.9 Å². The highest BCUT2D eigenvalue weighted by Crippen LogP contribution is 2.22. The number of aromatic carboxylic acids is 1. The summed E-state index contributed by atoms with van der Waals surface area (Å²) in [6.07, 6.45) is 9.27. The van der Waals surface area contributed by atoms with E-state index in [1.54, 1.807) is 0 Å². The van der Waals surface area contributed by atoms with Crippen LogP contribution in [0.1, 0.15) is 34.5 Å². The van der Waals surface area contributed by atoms with Gasteiger partial charge in [-0.25, -0.2) is 24.7 Å². The quantitative estimate of drug-likeness (QED) is 0.890. The number of nitrogens with zero attached hydrogens (tertiary/aromatic N) is 6. The number of aromatic nitrogens is 4. The van der Waals surface area contributed by atoms with Crippen molar-refractivity contribution in [1.82, 2.24) is 19.9 Å². The molecule has 0 saturated carbocycles. The average Bonchev–Trinajstić information content (AvgIpc) is 2.68. The Bertz CT molecular complexity index is 771. The minimum Gasteiger partial charge on any atom is -0.478 e. The standard InChI is InChI=1S/C17H20N6O2/c24-15(25)13-10-18-16(19-11-13)22-5-7-23(8-6-22)17-20-9-12-3-1-2-4-14(12)21-17/h9-11H,1-8H2,(H,24,25). The average molecular weight is 340 g/mol. The number of hydrogen-bond donors (Lipinski definition) is 1. The normalized spacial score (nSPS) is 17.3. The number of piperazine rings is 1. The summed E-state index contributed by atoms with van der Waals surface area (Å²) in [5, 5.41) is 8.92. The van der Waals surface area contributed by atoms with Crippen molar-refractivity contribution in [2.75, 3.05) is 36.0 Å². The van der Waals surface area contributed by atoms with Crippen LogP contribution in [0.25, 0.3) is 0 Å². The minimum absolute atomic E-state index is 0.102. The smallest absolute Gasteiger partial charge is 0.338 e. The van der Waals surface area contributed by atoms with Crippen LogP contribution in [-0.4, -0.2) is 57.2 Å². The van der Waals surface area contributed by atoms with Crippen LogP contribution in [0, 0.1) is 0 Å². The number of rotatable bonds is 3. The maximum atomic E-state index is 10.9. The zero-order valence-corrected chi connectivity index (χ0v) is 13.9. The molecular formula is C17H20N6O2. The lowest BCUT2D eigenvalue weighted by Crippen LogP contribution is -2.47. The summed E-state index contributed by atoms with van der Waals surface area (Å²) in [6, 6.07) is 0. The maximum Gasteiger partial charge on any atom is 0.338 e. The van der Waals surface area contributed by atoms with Crippen molar-refractivity contribution in [3.63, 3.8) is 0 Å². The van der Waals surface area contributed by atoms with E-state index in [0.29, 0.717) is 5.95 Å². The van der Waals surface area contributed by atoms with Crippen molar-refractivity contribution in [2.24, 2.45) is 0 Å². The van der Waals surface area contributed by atoms with Crippen molar-refractivity contribution in [1.29, 1.82) is 0 Å². The molecule has 2 aromatic heterocycles. The van der Waals surface area contributed by atoms with Crippen LogP contribution in [0.3, 0.4) is 0 Å². The van der Waals surface area contributed by atoms with Gasteiger partial charge in [-0.1, -0.05) is 0 Å². The molecule has 0 aromatic carbocycles. The summed E-state index contributed by atoms with van der Waals surface area (Å²) in [5.41, 5.74) is 2.59. The van der Waals surface area contributed by atoms with Crippen LogP contribution in [-0.2, 0) is 12.8 Å². The number of carboxylic acid groups (broad SMARTS) is 1. The number of anilines is 2. The zero-order chi connectivity index (χ0) is 17.2. The van der Waals surface area contributed by atoms with Gasteiger partial charge in [0, 0.05) is 50.5 Å². The Morgan fingerprint density at radius 2 is 1.48 bits per heavy atom. The maximum absolute atomic E-state index is 10.9. The third-order valence-electron chi connectivity index (χ3n) is 4.78. The summed E-state index contributed by atoms with van der Waals surface area (Å²) in [6.45, 7) is 3.10. The van der Waals surface area contributed by atoms with Gasteiger partial charge in [-0.15, -0.1) is 0 Å². The molecule has 0 unspecified atom stereocenters. The third kappa shape index (κ3) is 3.24. The lowest BCUT2D eigenvalue weighted by Gasteiger charge is -2.35. The first-order valence-corrected chi connectivity index (χ1v) is 8.61. The van der Waals surface area contributed by atoms with Crippen LogP contribution in [0.5, 0.6) is 0 Å². The van der Waals surface area contributed by atoms with Gasteiger partial charge in [0.15, 0.2) is 0 Å². The molecule has 1 saturated heterocycles. The van der Waals surface area contributed by atoms with Gasteiger partial charge in [-0.05, 0) is 31.2 Å². The lowest BCUT2D eigenvalue weighted by atomic mass is 9.98. The molecule has 1 fully saturated rings. The SMILES string of the molecule is O=C(O)c1cnc(N2CCN(c3ncc4c(n3)CCCC4)CC2)nc1. The van der Waals surface area contributed by atoms with E-state index in [1.165, 1.54) is 36.5 Å². The van der Waals surface area contributed by atoms with E-state index in [4.69, 9.17) is 10.1 Å². The van der Waals surface area contributed by atoms with Crippen molar-refractivity contribution in [3.05, 3.63) is 35.4 Å². The second-order valence-corrected chi connectivity index (χ2v) is 6.40. The predicted molar refractivity (Wildman–Crippen MR) is 92.1 cm³/mol. The van der Waals surface area contributed by atoms with Gasteiger partial charge in [0.25, 0.3) is 0 Å². The van der Waals surface area contributed by atoms with E-state index in [1.807, 2.05) is 6.20 Å². The monoisotopic (exact) mass is 340 g/mol. The predicted octanol–water partition coefficient (Wildman–Crippen LogP) is 1.17. The van der Waals surface area contributed by atoms with Crippen molar-refractivity contribution in [2.45, 2.75) is 25.7 Å². The number of fused-ring (bicyclic) bond motifs is 1. The second kappa shape index (κ2) is 6.62. The topological polar surface area (TPSA) is 95.3 Å². The van der Waals surface area contributed by atoms with Gasteiger partial charge in [-0.2, -0.15) is 0 Å². The first-order chi connectivity index (χ1) is 12.2. The summed E-state index contributed by atoms with van der Waals surface area (Å²) in [5.74, 6) is 0.361. The largest absolute Gasteiger partial charge is 0.478 e. The van der Waals surface area contributed by atoms with Crippen LogP contribution in [0.2, 0.25) is 0 Å². The molecular weight excluding hydrogens is 320 g/mol. The van der Waals surface area contributed by atoms with Gasteiger partial charge < -0.3 is 14.9 Å². The molecule has 130 valence electrons. The van der Waals surface area contributed by atoms with E-state index in [0.717, 1.165) is 45.0 Å². The number of carboxylic acids is 1. The van der Waals surface area contributed by atoms with Crippen molar-refractivity contribution in [3.8, 4) is 0 Å². The summed E-state index contributed by atoms with van der Waals surface area (Å²) in [4.78, 5) is 32.8. The fourth-order valence-electron chi connectivity index (χ4n) is 3.32. The molecule has 1 N–H and O–H groups in total. The first-order valence-electron chi connectivity index (χ1n) is 8.61. The molecule has 8 heteroatoms. The molecule has 0 radical (unpaired) electrons. The fraction of sp³-hybridized carbons (Fsp3) is 0.471. The highest BCUT2D eigenvalue weighted by molar-refractivity contribution is 5.86. The number of hydrogen-bond acceptors (Lipinski definition) is 7. The molecule has 0 bridgehead atoms. The van der Waals surface area contributed by atoms with E-state index in [2.05, 4.69) is 24.8 Å². The van der Waals surface area contributed by atoms with E-state index in [-0.39, 0.29) is 5.56 Å². The molecule has 0 atom stereocenters. The summed E-state index contributed by atoms with van der Waals surface area (Å²) < 4.78 is 0. The molecule has 2 aromatic rings. The molecule has 2 aliphatic rings. The minimum atomic E-state index is -1.01. The van der Waals surface area contributed by atoms with Crippen molar-refractivity contribution >= 4 is 17.9 Å². The molecule has 0 spiro atoms. The van der Waals surface area contributed by atoms with Crippen LogP contribution in [0.15, 0.2) is 18.6 Å². The molecule has 25 heavy (non-hydrogen) atoms. The Kier molecular flexibility index (Phi) is 4.17. The zero-order valence-electron chi connectivity index (χ0n) is 13.9. The Morgan fingerprint density at radius 3 is 2.16 bits per heavy atom. The highest BCUT2D eigenvalue weighted by atomic mass is 16.4. The molecule has 1 aliphatic heterocycles. The van der Waals surface area contributed by atoms with Gasteiger partial charge in [0.05, 0.1) is 5.56 Å². The van der Waals surface area contributed by atoms with Crippen molar-refractivity contribution < 1.29 is 9.90 Å². The molecule has 4 rings (SSSR count). The highest BCUT2D eigenvalue weighted by Gasteiger charge is 2.22. The Balaban J connectivity index is 1.42. The first kappa shape index (κ1) is 15.7. The molecule has 0 amide bonds. The van der Waals surface area contributed by atoms with E-state index < -0.39 is 5.97 Å². The summed E-state index contributed by atoms with van der Waals surface area (Å²) >= 11 is 0. The molecule has 8 nitrogen and oxygen atoms in total. The van der Waals surface area contributed by atoms with Gasteiger partial charge in [0.1, 0.15) is 0 Å². The van der Waals surface area contributed by atoms with E-state index in [9.17, 15) is 4.79 Å². The second-order valence-electron chi connectivity index (χ2n) is 6.40. The Hall–Kier alpha value is -2.77. The Labute approximate surface area is 145 Å². The van der Waals surface area contributed by atoms with Crippen LogP contribution < -0.4 is 9.80 Å². The molecule has 3 heterocycles. The number of aryl methyl sites for hydroxylation is 2. The van der Waals surface area contributed by atoms with E-state index >= 15 is 0 Å². The third-order valence-corrected chi connectivity index (χ3v) is 4.78. The lowest BCUT2D eigenvalue weighted by molar-refractivity contribution is 0.0696. The Morgan fingerprint density at radius 1 is 0.880 bits per heavy atom. The fourth-order valence-corrected chi connectivity index (χ4v) is 3.32. The van der Waals surface area contributed by atoms with Crippen LogP contribution in [0.4, 0.5) is 11.9 Å². The van der Waals surface area contributed by atoms with Gasteiger partial charge >= 0.3 is 5.97 Å². The van der Waals surface area contributed by atoms with Gasteiger partial charge in [-0.3, -0.25) is 0 Å². The summed E-state index contributed by atoms with van der Waals surface area (Å²) in [7, 11) is 0. The van der Waals surface area contributed by atoms with Crippen LogP contribution >= 0.6 is 0 Å². The number of carbonyl (C=O) groups is 1.